The molecule has 0 amide bonds. The number of fused-ring (bicyclic) bond motifs is 2. The molecular weight excluding hydrogens is 494 g/mol. The first-order valence-electron chi connectivity index (χ1n) is 12.3. The lowest BCUT2D eigenvalue weighted by molar-refractivity contribution is 0.594. The van der Waals surface area contributed by atoms with Crippen LogP contribution in [-0.2, 0) is 16.3 Å². The average Bonchev–Trinajstić information content (AvgIpc) is 3.36. The third-order valence-electron chi connectivity index (χ3n) is 6.76. The van der Waals surface area contributed by atoms with Crippen LogP contribution in [0.1, 0.15) is 12.7 Å². The van der Waals surface area contributed by atoms with Crippen molar-refractivity contribution < 1.29 is 8.42 Å². The van der Waals surface area contributed by atoms with Crippen LogP contribution in [0.25, 0.3) is 50.9 Å². The normalized spacial score (nSPS) is 13.4. The Hall–Kier alpha value is -4.69. The third kappa shape index (κ3) is 3.38. The first kappa shape index (κ1) is 22.5. The zero-order chi connectivity index (χ0) is 25.9. The zero-order valence-electron chi connectivity index (χ0n) is 20.4. The molecule has 1 aliphatic rings. The van der Waals surface area contributed by atoms with Crippen molar-refractivity contribution in [3.05, 3.63) is 103 Å². The molecule has 0 bridgehead atoms. The van der Waals surface area contributed by atoms with E-state index in [0.29, 0.717) is 46.2 Å². The van der Waals surface area contributed by atoms with E-state index >= 15 is 0 Å². The van der Waals surface area contributed by atoms with Crippen molar-refractivity contribution in [3.63, 3.8) is 0 Å². The molecule has 0 fully saturated rings. The fourth-order valence-corrected chi connectivity index (χ4v) is 6.59. The molecule has 0 aliphatic carbocycles. The summed E-state index contributed by atoms with van der Waals surface area (Å²) >= 11 is 0. The second kappa shape index (κ2) is 8.43. The van der Waals surface area contributed by atoms with Gasteiger partial charge in [0.15, 0.2) is 17.5 Å². The lowest BCUT2D eigenvalue weighted by atomic mass is 10.1. The summed E-state index contributed by atoms with van der Waals surface area (Å²) in [5.41, 5.74) is 4.26. The Bertz CT molecular complexity index is 1910. The lowest BCUT2D eigenvalue weighted by Gasteiger charge is -2.21. The monoisotopic (exact) mass is 515 g/mol. The van der Waals surface area contributed by atoms with E-state index in [-0.39, 0.29) is 9.79 Å². The average molecular weight is 516 g/mol. The predicted octanol–water partition coefficient (Wildman–Crippen LogP) is 5.92. The van der Waals surface area contributed by atoms with Gasteiger partial charge in [-0.15, -0.1) is 0 Å². The Morgan fingerprint density at radius 3 is 1.84 bits per heavy atom. The smallest absolute Gasteiger partial charge is 0.210 e. The van der Waals surface area contributed by atoms with Crippen LogP contribution in [0.3, 0.4) is 0 Å². The number of sulfone groups is 1. The highest BCUT2D eigenvalue weighted by atomic mass is 32.2. The molecule has 38 heavy (non-hydrogen) atoms. The summed E-state index contributed by atoms with van der Waals surface area (Å²) in [5.74, 6) is 2.35. The van der Waals surface area contributed by atoms with Crippen molar-refractivity contribution in [2.75, 3.05) is 0 Å². The first-order valence-corrected chi connectivity index (χ1v) is 13.8. The van der Waals surface area contributed by atoms with Gasteiger partial charge in [0.1, 0.15) is 5.82 Å². The number of aromatic nitrogens is 5. The minimum absolute atomic E-state index is 0.245. The molecule has 0 saturated carbocycles. The van der Waals surface area contributed by atoms with Gasteiger partial charge in [0.2, 0.25) is 9.84 Å². The van der Waals surface area contributed by atoms with Crippen LogP contribution in [-0.4, -0.2) is 32.9 Å². The molecule has 0 radical (unpaired) electrons. The van der Waals surface area contributed by atoms with Gasteiger partial charge < -0.3 is 0 Å². The van der Waals surface area contributed by atoms with Gasteiger partial charge in [-0.3, -0.25) is 4.57 Å². The van der Waals surface area contributed by atoms with Crippen LogP contribution in [0.5, 0.6) is 0 Å². The van der Waals surface area contributed by atoms with Crippen LogP contribution >= 0.6 is 0 Å². The van der Waals surface area contributed by atoms with Gasteiger partial charge in [0, 0.05) is 23.1 Å². The van der Waals surface area contributed by atoms with E-state index in [1.165, 1.54) is 0 Å². The van der Waals surface area contributed by atoms with Crippen molar-refractivity contribution in [2.24, 2.45) is 0 Å². The molecule has 0 spiro atoms. The van der Waals surface area contributed by atoms with Gasteiger partial charge in [0.05, 0.1) is 26.5 Å². The number of aryl methyl sites for hydroxylation is 1. The summed E-state index contributed by atoms with van der Waals surface area (Å²) in [6.45, 7) is 2.02. The fraction of sp³-hybridized carbons (Fsp3) is 0.0667. The Labute approximate surface area is 219 Å². The Kier molecular flexibility index (Phi) is 4.99. The van der Waals surface area contributed by atoms with E-state index in [4.69, 9.17) is 19.9 Å². The number of hydrogen-bond acceptors (Lipinski definition) is 6. The SMILES string of the molecule is CCc1nc2cccc3c2n1-c1cc(-c2nc(-c4ccccc4)nc(-c4ccccc4)n2)ccc1S3(=O)=O. The van der Waals surface area contributed by atoms with Crippen LogP contribution in [0.2, 0.25) is 0 Å². The van der Waals surface area contributed by atoms with Crippen LogP contribution in [0, 0.1) is 0 Å². The van der Waals surface area contributed by atoms with Crippen LogP contribution in [0.4, 0.5) is 0 Å². The van der Waals surface area contributed by atoms with Gasteiger partial charge in [-0.05, 0) is 30.3 Å². The highest BCUT2D eigenvalue weighted by Crippen LogP contribution is 2.40. The molecule has 0 N–H and O–H groups in total. The summed E-state index contributed by atoms with van der Waals surface area (Å²) in [5, 5.41) is 0. The largest absolute Gasteiger partial charge is 0.294 e. The maximum Gasteiger partial charge on any atom is 0.210 e. The van der Waals surface area contributed by atoms with Gasteiger partial charge >= 0.3 is 0 Å². The molecule has 0 saturated heterocycles. The number of nitrogens with zero attached hydrogens (tertiary/aromatic N) is 5. The molecule has 4 aromatic carbocycles. The van der Waals surface area contributed by atoms with Crippen molar-refractivity contribution >= 4 is 20.9 Å². The molecule has 2 aromatic heterocycles. The number of hydrogen-bond donors (Lipinski definition) is 0. The summed E-state index contributed by atoms with van der Waals surface area (Å²) in [6.07, 6.45) is 0.653. The van der Waals surface area contributed by atoms with E-state index in [1.54, 1.807) is 24.3 Å². The molecule has 3 heterocycles. The quantitative estimate of drug-likeness (QED) is 0.289. The van der Waals surface area contributed by atoms with E-state index in [1.807, 2.05) is 84.3 Å². The van der Waals surface area contributed by atoms with Crippen LogP contribution in [0.15, 0.2) is 107 Å². The van der Waals surface area contributed by atoms with Crippen molar-refractivity contribution in [1.29, 1.82) is 0 Å². The molecule has 8 heteroatoms. The molecule has 0 unspecified atom stereocenters. The second-order valence-electron chi connectivity index (χ2n) is 9.07. The zero-order valence-corrected chi connectivity index (χ0v) is 21.2. The summed E-state index contributed by atoms with van der Waals surface area (Å²) in [7, 11) is -3.72. The van der Waals surface area contributed by atoms with E-state index in [0.717, 1.165) is 17.0 Å². The second-order valence-corrected chi connectivity index (χ2v) is 11.0. The Morgan fingerprint density at radius 1 is 0.632 bits per heavy atom. The molecule has 6 aromatic rings. The van der Waals surface area contributed by atoms with Gasteiger partial charge in [-0.25, -0.2) is 28.4 Å². The van der Waals surface area contributed by atoms with E-state index in [9.17, 15) is 8.42 Å². The van der Waals surface area contributed by atoms with Crippen LogP contribution < -0.4 is 0 Å². The van der Waals surface area contributed by atoms with Gasteiger partial charge in [0.25, 0.3) is 0 Å². The predicted molar refractivity (Wildman–Crippen MR) is 146 cm³/mol. The summed E-state index contributed by atoms with van der Waals surface area (Å²) in [6, 6.07) is 30.0. The maximum absolute atomic E-state index is 13.6. The van der Waals surface area contributed by atoms with Crippen molar-refractivity contribution in [2.45, 2.75) is 23.1 Å². The highest BCUT2D eigenvalue weighted by Gasteiger charge is 2.33. The topological polar surface area (TPSA) is 90.6 Å². The molecule has 1 aliphatic heterocycles. The lowest BCUT2D eigenvalue weighted by Crippen LogP contribution is -2.16. The van der Waals surface area contributed by atoms with Gasteiger partial charge in [-0.1, -0.05) is 73.7 Å². The summed E-state index contributed by atoms with van der Waals surface area (Å²) in [4.78, 5) is 19.6. The Balaban J connectivity index is 1.49. The summed E-state index contributed by atoms with van der Waals surface area (Å²) < 4.78 is 29.2. The van der Waals surface area contributed by atoms with E-state index in [2.05, 4.69) is 0 Å². The minimum Gasteiger partial charge on any atom is -0.294 e. The minimum atomic E-state index is -3.72. The Morgan fingerprint density at radius 2 is 1.24 bits per heavy atom. The maximum atomic E-state index is 13.6. The molecule has 7 nitrogen and oxygen atoms in total. The number of benzene rings is 4. The first-order chi connectivity index (χ1) is 18.5. The van der Waals surface area contributed by atoms with Gasteiger partial charge in [-0.2, -0.15) is 0 Å². The number of imidazole rings is 1. The number of rotatable bonds is 4. The molecular formula is C30H21N5O2S. The molecule has 7 rings (SSSR count). The fourth-order valence-electron chi connectivity index (χ4n) is 4.97. The molecule has 0 atom stereocenters. The van der Waals surface area contributed by atoms with Crippen molar-refractivity contribution in [1.82, 2.24) is 24.5 Å². The standard InChI is InChI=1S/C30H21N5O2S/c1-2-26-31-22-14-9-15-25-27(22)35(26)23-18-21(16-17-24(23)38(25,36)37)30-33-28(19-10-5-3-6-11-19)32-29(34-30)20-12-7-4-8-13-20/h3-18H,2H2,1H3. The highest BCUT2D eigenvalue weighted by molar-refractivity contribution is 7.92. The number of para-hydroxylation sites is 1. The molecule has 184 valence electrons. The van der Waals surface area contributed by atoms with E-state index < -0.39 is 9.84 Å². The van der Waals surface area contributed by atoms with Crippen molar-refractivity contribution in [3.8, 4) is 39.9 Å². The third-order valence-corrected chi connectivity index (χ3v) is 8.59.